The summed E-state index contributed by atoms with van der Waals surface area (Å²) in [5.41, 5.74) is 0.993. The van der Waals surface area contributed by atoms with Gasteiger partial charge in [-0.1, -0.05) is 44.1 Å². The molecule has 0 saturated carbocycles. The van der Waals surface area contributed by atoms with Gasteiger partial charge < -0.3 is 20.3 Å². The monoisotopic (exact) mass is 417 g/mol. The molecule has 0 unspecified atom stereocenters. The van der Waals surface area contributed by atoms with Crippen LogP contribution in [0, 0.1) is 29.1 Å². The molecule has 2 fully saturated rings. The number of ketones is 1. The summed E-state index contributed by atoms with van der Waals surface area (Å²) in [4.78, 5) is 27.6. The number of amides is 1. The van der Waals surface area contributed by atoms with E-state index in [-0.39, 0.29) is 35.5 Å². The van der Waals surface area contributed by atoms with Gasteiger partial charge in [0.1, 0.15) is 23.7 Å². The van der Waals surface area contributed by atoms with E-state index in [1.54, 1.807) is 0 Å². The smallest absolute Gasteiger partial charge is 0.235 e. The Morgan fingerprint density at radius 1 is 1.23 bits per heavy atom. The van der Waals surface area contributed by atoms with Crippen LogP contribution in [0.25, 0.3) is 0 Å². The Bertz CT molecular complexity index is 801. The van der Waals surface area contributed by atoms with Crippen LogP contribution in [0.3, 0.4) is 0 Å². The summed E-state index contributed by atoms with van der Waals surface area (Å²) >= 11 is 0. The number of epoxide rings is 1. The van der Waals surface area contributed by atoms with E-state index in [0.717, 1.165) is 12.0 Å². The maximum Gasteiger partial charge on any atom is 0.235 e. The summed E-state index contributed by atoms with van der Waals surface area (Å²) in [7, 11) is 0. The molecule has 9 atom stereocenters. The van der Waals surface area contributed by atoms with Gasteiger partial charge in [-0.3, -0.25) is 9.59 Å². The lowest BCUT2D eigenvalue weighted by molar-refractivity contribution is -0.146. The molecule has 3 N–H and O–H groups in total. The Hall–Kier alpha value is -1.50. The molecule has 2 heterocycles. The first-order valence-corrected chi connectivity index (χ1v) is 11.3. The number of allylic oxidation sites excluding steroid dienone is 4. The number of carbonyl (C=O) groups is 2. The second-order valence-electron chi connectivity index (χ2n) is 10.3. The Balaban J connectivity index is 1.87. The average molecular weight is 418 g/mol. The van der Waals surface area contributed by atoms with Crippen molar-refractivity contribution in [1.29, 1.82) is 0 Å². The van der Waals surface area contributed by atoms with Crippen LogP contribution in [0.1, 0.15) is 53.9 Å². The highest BCUT2D eigenvalue weighted by atomic mass is 16.6. The molecule has 4 aliphatic rings. The topological polar surface area (TPSA) is 99.2 Å². The number of fused-ring (bicyclic) bond motifs is 1. The highest BCUT2D eigenvalue weighted by molar-refractivity contribution is 6.12. The third-order valence-corrected chi connectivity index (χ3v) is 7.82. The van der Waals surface area contributed by atoms with Crippen LogP contribution in [0.15, 0.2) is 23.3 Å². The third kappa shape index (κ3) is 3.19. The van der Waals surface area contributed by atoms with Gasteiger partial charge in [0.05, 0.1) is 6.10 Å². The SMILES string of the molecule is CC1=C[C@H]2/C=C(/C)CC[C@@H](O)[C@@H](O)[C@@H]3O[C@@H]3C(=O)[C@]23C(=O)N[C@@H](CC(C)C)[C@@H]3[C@@H]1C. The molecule has 1 amide bonds. The lowest BCUT2D eigenvalue weighted by Gasteiger charge is -2.44. The van der Waals surface area contributed by atoms with E-state index in [2.05, 4.69) is 39.1 Å². The van der Waals surface area contributed by atoms with E-state index < -0.39 is 29.8 Å². The molecule has 2 aliphatic carbocycles. The number of aliphatic hydroxyl groups is 2. The number of rotatable bonds is 2. The van der Waals surface area contributed by atoms with Crippen molar-refractivity contribution in [3.05, 3.63) is 23.3 Å². The van der Waals surface area contributed by atoms with Crippen molar-refractivity contribution < 1.29 is 24.5 Å². The predicted octanol–water partition coefficient (Wildman–Crippen LogP) is 2.14. The number of hydrogen-bond acceptors (Lipinski definition) is 5. The van der Waals surface area contributed by atoms with Crippen LogP contribution in [-0.2, 0) is 14.3 Å². The molecule has 6 heteroatoms. The molecule has 166 valence electrons. The van der Waals surface area contributed by atoms with E-state index >= 15 is 0 Å². The van der Waals surface area contributed by atoms with Gasteiger partial charge in [-0.2, -0.15) is 0 Å². The molecular weight excluding hydrogens is 382 g/mol. The van der Waals surface area contributed by atoms with Crippen LogP contribution >= 0.6 is 0 Å². The molecule has 2 saturated heterocycles. The molecule has 1 spiro atoms. The van der Waals surface area contributed by atoms with Gasteiger partial charge in [-0.25, -0.2) is 0 Å². The lowest BCUT2D eigenvalue weighted by atomic mass is 9.54. The third-order valence-electron chi connectivity index (χ3n) is 7.82. The van der Waals surface area contributed by atoms with Gasteiger partial charge in [0, 0.05) is 17.9 Å². The summed E-state index contributed by atoms with van der Waals surface area (Å²) in [6.45, 7) is 10.4. The second kappa shape index (κ2) is 7.57. The fraction of sp³-hybridized carbons (Fsp3) is 0.750. The van der Waals surface area contributed by atoms with Crippen LogP contribution < -0.4 is 5.32 Å². The molecule has 6 nitrogen and oxygen atoms in total. The quantitative estimate of drug-likeness (QED) is 0.363. The van der Waals surface area contributed by atoms with Crippen molar-refractivity contribution in [3.63, 3.8) is 0 Å². The van der Waals surface area contributed by atoms with Crippen LogP contribution in [0.4, 0.5) is 0 Å². The lowest BCUT2D eigenvalue weighted by Crippen LogP contribution is -2.54. The van der Waals surface area contributed by atoms with E-state index in [1.165, 1.54) is 5.57 Å². The molecule has 30 heavy (non-hydrogen) atoms. The van der Waals surface area contributed by atoms with Crippen molar-refractivity contribution in [2.75, 3.05) is 0 Å². The molecule has 0 aromatic carbocycles. The van der Waals surface area contributed by atoms with Gasteiger partial charge in [0.15, 0.2) is 5.78 Å². The zero-order valence-corrected chi connectivity index (χ0v) is 18.6. The number of ether oxygens (including phenoxy) is 1. The molecule has 2 aliphatic heterocycles. The first-order chi connectivity index (χ1) is 14.1. The van der Waals surface area contributed by atoms with Gasteiger partial charge in [0.25, 0.3) is 0 Å². The van der Waals surface area contributed by atoms with Crippen molar-refractivity contribution >= 4 is 11.7 Å². The zero-order valence-electron chi connectivity index (χ0n) is 18.6. The van der Waals surface area contributed by atoms with Gasteiger partial charge in [-0.15, -0.1) is 0 Å². The van der Waals surface area contributed by atoms with E-state index in [1.807, 2.05) is 13.0 Å². The molecule has 0 aromatic heterocycles. The molecule has 0 bridgehead atoms. The van der Waals surface area contributed by atoms with Crippen LogP contribution in [0.2, 0.25) is 0 Å². The highest BCUT2D eigenvalue weighted by Gasteiger charge is 2.70. The summed E-state index contributed by atoms with van der Waals surface area (Å²) < 4.78 is 5.61. The number of hydrogen-bond donors (Lipinski definition) is 3. The Morgan fingerprint density at radius 3 is 2.60 bits per heavy atom. The minimum Gasteiger partial charge on any atom is -0.390 e. The van der Waals surface area contributed by atoms with Gasteiger partial charge in [-0.05, 0) is 44.9 Å². The summed E-state index contributed by atoms with van der Waals surface area (Å²) in [5, 5.41) is 24.0. The molecule has 0 aromatic rings. The number of Topliss-reactive ketones (excluding diaryl/α,β-unsaturated/α-hetero) is 1. The van der Waals surface area contributed by atoms with Crippen molar-refractivity contribution in [2.45, 2.75) is 84.3 Å². The minimum absolute atomic E-state index is 0.0749. The maximum atomic E-state index is 14.0. The minimum atomic E-state index is -1.23. The summed E-state index contributed by atoms with van der Waals surface area (Å²) in [5.74, 6) is -0.485. The number of nitrogens with one attached hydrogen (secondary N) is 1. The largest absolute Gasteiger partial charge is 0.390 e. The second-order valence-corrected chi connectivity index (χ2v) is 10.3. The molecule has 4 rings (SSSR count). The summed E-state index contributed by atoms with van der Waals surface area (Å²) in [6, 6.07) is -0.0749. The van der Waals surface area contributed by atoms with Crippen LogP contribution in [0.5, 0.6) is 0 Å². The zero-order chi connectivity index (χ0) is 22.0. The first-order valence-electron chi connectivity index (χ1n) is 11.3. The van der Waals surface area contributed by atoms with E-state index in [0.29, 0.717) is 18.8 Å². The number of carbonyl (C=O) groups excluding carboxylic acids is 2. The van der Waals surface area contributed by atoms with E-state index in [4.69, 9.17) is 4.74 Å². The van der Waals surface area contributed by atoms with Gasteiger partial charge >= 0.3 is 0 Å². The summed E-state index contributed by atoms with van der Waals surface area (Å²) in [6.07, 6.45) is 2.29. The normalized spacial score (nSPS) is 47.9. The van der Waals surface area contributed by atoms with Crippen molar-refractivity contribution in [3.8, 4) is 0 Å². The molecule has 0 radical (unpaired) electrons. The highest BCUT2D eigenvalue weighted by Crippen LogP contribution is 2.57. The number of aliphatic hydroxyl groups excluding tert-OH is 2. The molecular formula is C24H35NO5. The first kappa shape index (κ1) is 21.7. The van der Waals surface area contributed by atoms with E-state index in [9.17, 15) is 19.8 Å². The predicted molar refractivity (Wildman–Crippen MR) is 112 cm³/mol. The maximum absolute atomic E-state index is 14.0. The fourth-order valence-corrected chi connectivity index (χ4v) is 6.13. The fourth-order valence-electron chi connectivity index (χ4n) is 6.13. The van der Waals surface area contributed by atoms with Gasteiger partial charge in [0.2, 0.25) is 5.91 Å². The Kier molecular flexibility index (Phi) is 5.48. The van der Waals surface area contributed by atoms with Crippen LogP contribution in [-0.4, -0.2) is 52.4 Å². The van der Waals surface area contributed by atoms with Crippen molar-refractivity contribution in [2.24, 2.45) is 29.1 Å². The van der Waals surface area contributed by atoms with Crippen molar-refractivity contribution in [1.82, 2.24) is 5.32 Å². The Morgan fingerprint density at radius 2 is 1.93 bits per heavy atom. The average Bonchev–Trinajstić information content (AvgIpc) is 3.41. The Labute approximate surface area is 178 Å². The standard InChI is InChI=1S/C24H35NO5/c1-11(2)8-16-18-14(5)13(4)10-15-9-12(3)6-7-17(26)19(27)20-21(30-20)22(28)24(15,18)23(29)25-16/h9-11,14-21,26-27H,6-8H2,1-5H3,(H,25,29)/b12-9-/t14-,15-,16+,17-,18+,19-,20+,21+,24+/m1/s1.